The molecule has 0 radical (unpaired) electrons. The first kappa shape index (κ1) is 14.3. The highest BCUT2D eigenvalue weighted by molar-refractivity contribution is 5.52. The number of likely N-dealkylation sites (N-methyl/N-ethyl adjacent to an activating group) is 1. The summed E-state index contributed by atoms with van der Waals surface area (Å²) in [5.74, 6) is 0.752. The molecule has 0 aliphatic carbocycles. The summed E-state index contributed by atoms with van der Waals surface area (Å²) in [5, 5.41) is 0. The highest BCUT2D eigenvalue weighted by Gasteiger charge is 2.02. The lowest BCUT2D eigenvalue weighted by molar-refractivity contribution is 0.327. The standard InChI is InChI=1S/C17H22N2O/c1-3-14-8-10-15(11-9-14)19(2)12-13-20-17-7-5-4-6-16(17)18/h4-11H,3,12-13,18H2,1-2H3. The molecule has 0 aromatic heterocycles. The average Bonchev–Trinajstić information content (AvgIpc) is 2.49. The molecule has 3 nitrogen and oxygen atoms in total. The molecule has 2 N–H and O–H groups in total. The van der Waals surface area contributed by atoms with Gasteiger partial charge in [-0.05, 0) is 36.2 Å². The summed E-state index contributed by atoms with van der Waals surface area (Å²) < 4.78 is 5.71. The molecule has 0 atom stereocenters. The third kappa shape index (κ3) is 3.67. The van der Waals surface area contributed by atoms with Crippen LogP contribution >= 0.6 is 0 Å². The second-order valence-corrected chi connectivity index (χ2v) is 4.83. The van der Waals surface area contributed by atoms with E-state index in [4.69, 9.17) is 10.5 Å². The van der Waals surface area contributed by atoms with Gasteiger partial charge in [-0.1, -0.05) is 31.2 Å². The Kier molecular flexibility index (Phi) is 4.88. The van der Waals surface area contributed by atoms with Gasteiger partial charge in [0.25, 0.3) is 0 Å². The van der Waals surface area contributed by atoms with E-state index < -0.39 is 0 Å². The molecule has 106 valence electrons. The van der Waals surface area contributed by atoms with Crippen LogP contribution in [0.4, 0.5) is 11.4 Å². The maximum atomic E-state index is 5.84. The molecule has 0 spiro atoms. The molecule has 0 aliphatic rings. The monoisotopic (exact) mass is 270 g/mol. The number of para-hydroxylation sites is 2. The Morgan fingerprint density at radius 1 is 1.05 bits per heavy atom. The van der Waals surface area contributed by atoms with Crippen molar-refractivity contribution in [2.45, 2.75) is 13.3 Å². The fourth-order valence-corrected chi connectivity index (χ4v) is 2.02. The van der Waals surface area contributed by atoms with Crippen LogP contribution in [-0.2, 0) is 6.42 Å². The molecule has 20 heavy (non-hydrogen) atoms. The number of hydrogen-bond donors (Lipinski definition) is 1. The van der Waals surface area contributed by atoms with E-state index in [1.54, 1.807) is 0 Å². The number of benzene rings is 2. The van der Waals surface area contributed by atoms with Crippen molar-refractivity contribution in [2.75, 3.05) is 30.8 Å². The Hall–Kier alpha value is -2.16. The maximum Gasteiger partial charge on any atom is 0.142 e. The molecule has 0 fully saturated rings. The minimum absolute atomic E-state index is 0.611. The van der Waals surface area contributed by atoms with Gasteiger partial charge in [-0.25, -0.2) is 0 Å². The Balaban J connectivity index is 1.85. The van der Waals surface area contributed by atoms with Crippen LogP contribution in [0.15, 0.2) is 48.5 Å². The van der Waals surface area contributed by atoms with E-state index in [-0.39, 0.29) is 0 Å². The van der Waals surface area contributed by atoms with Gasteiger partial charge in [-0.3, -0.25) is 0 Å². The number of nitrogens with zero attached hydrogens (tertiary/aromatic N) is 1. The minimum atomic E-state index is 0.611. The highest BCUT2D eigenvalue weighted by atomic mass is 16.5. The van der Waals surface area contributed by atoms with Gasteiger partial charge in [0.15, 0.2) is 0 Å². The fraction of sp³-hybridized carbons (Fsp3) is 0.294. The smallest absolute Gasteiger partial charge is 0.142 e. The van der Waals surface area contributed by atoms with E-state index in [0.717, 1.165) is 18.7 Å². The van der Waals surface area contributed by atoms with E-state index in [2.05, 4.69) is 43.1 Å². The molecular formula is C17H22N2O. The zero-order valence-corrected chi connectivity index (χ0v) is 12.2. The Morgan fingerprint density at radius 3 is 2.40 bits per heavy atom. The number of nitrogen functional groups attached to an aromatic ring is 1. The molecular weight excluding hydrogens is 248 g/mol. The molecule has 0 heterocycles. The van der Waals surface area contributed by atoms with Crippen LogP contribution in [0.1, 0.15) is 12.5 Å². The molecule has 0 saturated heterocycles. The first-order valence-electron chi connectivity index (χ1n) is 6.98. The average molecular weight is 270 g/mol. The van der Waals surface area contributed by atoms with Gasteiger partial charge < -0.3 is 15.4 Å². The van der Waals surface area contributed by atoms with Crippen LogP contribution < -0.4 is 15.4 Å². The first-order chi connectivity index (χ1) is 9.70. The Labute approximate surface area is 121 Å². The zero-order chi connectivity index (χ0) is 14.4. The molecule has 0 amide bonds. The molecule has 2 aromatic rings. The summed E-state index contributed by atoms with van der Waals surface area (Å²) >= 11 is 0. The van der Waals surface area contributed by atoms with Gasteiger partial charge in [0.1, 0.15) is 12.4 Å². The van der Waals surface area contributed by atoms with Gasteiger partial charge in [0.05, 0.1) is 12.2 Å². The Bertz CT molecular complexity index is 537. The molecule has 2 aromatic carbocycles. The zero-order valence-electron chi connectivity index (χ0n) is 12.2. The van der Waals surface area contributed by atoms with Gasteiger partial charge in [-0.2, -0.15) is 0 Å². The van der Waals surface area contributed by atoms with Crippen LogP contribution in [0.2, 0.25) is 0 Å². The van der Waals surface area contributed by atoms with Crippen molar-refractivity contribution in [1.29, 1.82) is 0 Å². The van der Waals surface area contributed by atoms with Crippen LogP contribution in [0.25, 0.3) is 0 Å². The number of anilines is 2. The van der Waals surface area contributed by atoms with E-state index in [0.29, 0.717) is 12.3 Å². The lowest BCUT2D eigenvalue weighted by atomic mass is 10.1. The Morgan fingerprint density at radius 2 is 1.75 bits per heavy atom. The van der Waals surface area contributed by atoms with E-state index in [1.165, 1.54) is 11.3 Å². The predicted octanol–water partition coefficient (Wildman–Crippen LogP) is 3.35. The van der Waals surface area contributed by atoms with Crippen molar-refractivity contribution in [2.24, 2.45) is 0 Å². The summed E-state index contributed by atoms with van der Waals surface area (Å²) in [6, 6.07) is 16.2. The SMILES string of the molecule is CCc1ccc(N(C)CCOc2ccccc2N)cc1. The summed E-state index contributed by atoms with van der Waals surface area (Å²) in [7, 11) is 2.07. The van der Waals surface area contributed by atoms with Crippen molar-refractivity contribution in [3.05, 3.63) is 54.1 Å². The van der Waals surface area contributed by atoms with Crippen molar-refractivity contribution in [3.63, 3.8) is 0 Å². The summed E-state index contributed by atoms with van der Waals surface area (Å²) in [5.41, 5.74) is 9.08. The van der Waals surface area contributed by atoms with Crippen LogP contribution in [0, 0.1) is 0 Å². The predicted molar refractivity (Wildman–Crippen MR) is 85.4 cm³/mol. The summed E-state index contributed by atoms with van der Waals surface area (Å²) in [6.45, 7) is 3.59. The molecule has 0 saturated carbocycles. The summed E-state index contributed by atoms with van der Waals surface area (Å²) in [4.78, 5) is 2.18. The second-order valence-electron chi connectivity index (χ2n) is 4.83. The molecule has 2 rings (SSSR count). The van der Waals surface area contributed by atoms with Crippen molar-refractivity contribution in [1.82, 2.24) is 0 Å². The second kappa shape index (κ2) is 6.85. The normalized spacial score (nSPS) is 10.3. The topological polar surface area (TPSA) is 38.5 Å². The number of nitrogens with two attached hydrogens (primary N) is 1. The number of rotatable bonds is 6. The number of hydrogen-bond acceptors (Lipinski definition) is 3. The van der Waals surface area contributed by atoms with Gasteiger partial charge in [0, 0.05) is 12.7 Å². The molecule has 0 aliphatic heterocycles. The van der Waals surface area contributed by atoms with Crippen molar-refractivity contribution in [3.8, 4) is 5.75 Å². The van der Waals surface area contributed by atoms with Crippen molar-refractivity contribution >= 4 is 11.4 Å². The fourth-order valence-electron chi connectivity index (χ4n) is 2.02. The van der Waals surface area contributed by atoms with Crippen LogP contribution in [-0.4, -0.2) is 20.2 Å². The lowest BCUT2D eigenvalue weighted by Crippen LogP contribution is -2.23. The summed E-state index contributed by atoms with van der Waals surface area (Å²) in [6.07, 6.45) is 1.07. The third-order valence-electron chi connectivity index (χ3n) is 3.39. The highest BCUT2D eigenvalue weighted by Crippen LogP contribution is 2.20. The van der Waals surface area contributed by atoms with E-state index >= 15 is 0 Å². The molecule has 0 bridgehead atoms. The molecule has 3 heteroatoms. The molecule has 0 unspecified atom stereocenters. The quantitative estimate of drug-likeness (QED) is 0.818. The van der Waals surface area contributed by atoms with E-state index in [1.807, 2.05) is 24.3 Å². The number of aryl methyl sites for hydroxylation is 1. The van der Waals surface area contributed by atoms with Gasteiger partial charge >= 0.3 is 0 Å². The van der Waals surface area contributed by atoms with Gasteiger partial charge in [0.2, 0.25) is 0 Å². The number of ether oxygens (including phenoxy) is 1. The first-order valence-corrected chi connectivity index (χ1v) is 6.98. The lowest BCUT2D eigenvalue weighted by Gasteiger charge is -2.20. The van der Waals surface area contributed by atoms with Crippen molar-refractivity contribution < 1.29 is 4.74 Å². The largest absolute Gasteiger partial charge is 0.490 e. The minimum Gasteiger partial charge on any atom is -0.490 e. The van der Waals surface area contributed by atoms with Crippen LogP contribution in [0.5, 0.6) is 5.75 Å². The van der Waals surface area contributed by atoms with Gasteiger partial charge in [-0.15, -0.1) is 0 Å². The maximum absolute atomic E-state index is 5.84. The van der Waals surface area contributed by atoms with E-state index in [9.17, 15) is 0 Å². The third-order valence-corrected chi connectivity index (χ3v) is 3.39. The van der Waals surface area contributed by atoms with Crippen LogP contribution in [0.3, 0.4) is 0 Å².